The number of carbonyl (C=O) groups is 1. The highest BCUT2D eigenvalue weighted by Crippen LogP contribution is 2.27. The number of primary amides is 1. The molecular formula is C18H26N4O4S. The van der Waals surface area contributed by atoms with Gasteiger partial charge in [-0.15, -0.1) is 0 Å². The zero-order valence-corrected chi connectivity index (χ0v) is 16.5. The predicted octanol–water partition coefficient (Wildman–Crippen LogP) is 0.603. The van der Waals surface area contributed by atoms with Crippen LogP contribution in [0.4, 0.5) is 0 Å². The number of rotatable bonds is 7. The number of methoxy groups -OCH3 is 1. The van der Waals surface area contributed by atoms with E-state index in [1.54, 1.807) is 18.3 Å². The van der Waals surface area contributed by atoms with Gasteiger partial charge in [0.25, 0.3) is 0 Å². The third-order valence-corrected chi connectivity index (χ3v) is 6.86. The van der Waals surface area contributed by atoms with Crippen molar-refractivity contribution in [1.29, 1.82) is 0 Å². The lowest BCUT2D eigenvalue weighted by molar-refractivity contribution is -0.118. The van der Waals surface area contributed by atoms with Gasteiger partial charge in [0, 0.05) is 49.8 Å². The summed E-state index contributed by atoms with van der Waals surface area (Å²) in [7, 11) is -1.52. The molecule has 2 aromatic rings. The first-order valence-electron chi connectivity index (χ1n) is 8.98. The maximum Gasteiger partial charge on any atom is 0.237 e. The van der Waals surface area contributed by atoms with Gasteiger partial charge in [-0.3, -0.25) is 9.69 Å². The van der Waals surface area contributed by atoms with Gasteiger partial charge in [0.1, 0.15) is 12.3 Å². The molecule has 2 heterocycles. The number of amides is 1. The summed E-state index contributed by atoms with van der Waals surface area (Å²) in [4.78, 5) is 13.6. The van der Waals surface area contributed by atoms with E-state index in [0.29, 0.717) is 32.7 Å². The van der Waals surface area contributed by atoms with E-state index in [1.165, 1.54) is 0 Å². The molecule has 3 rings (SSSR count). The Morgan fingerprint density at radius 2 is 1.93 bits per heavy atom. The molecule has 1 aromatic carbocycles. The summed E-state index contributed by atoms with van der Waals surface area (Å²) in [6.07, 6.45) is 1.95. The number of benzene rings is 1. The SMILES string of the molecule is CCS(=O)(=O)N1CCN(Cc2cn(CC(N)=O)c3ccc(OC)cc23)CC1. The molecule has 0 spiro atoms. The zero-order valence-electron chi connectivity index (χ0n) is 15.7. The Labute approximate surface area is 159 Å². The standard InChI is InChI=1S/C18H26N4O4S/c1-3-27(24,25)22-8-6-20(7-9-22)11-14-12-21(13-18(19)23)17-5-4-15(26-2)10-16(14)17/h4-5,10,12H,3,6-9,11,13H2,1-2H3,(H2,19,23). The van der Waals surface area contributed by atoms with E-state index < -0.39 is 15.9 Å². The van der Waals surface area contributed by atoms with Gasteiger partial charge in [0.05, 0.1) is 12.9 Å². The Kier molecular flexibility index (Phi) is 5.73. The lowest BCUT2D eigenvalue weighted by atomic mass is 10.1. The van der Waals surface area contributed by atoms with E-state index in [-0.39, 0.29) is 12.3 Å². The largest absolute Gasteiger partial charge is 0.497 e. The fraction of sp³-hybridized carbons (Fsp3) is 0.500. The summed E-state index contributed by atoms with van der Waals surface area (Å²) in [5.41, 5.74) is 7.37. The second-order valence-electron chi connectivity index (χ2n) is 6.71. The molecule has 0 radical (unpaired) electrons. The molecule has 1 fully saturated rings. The molecule has 1 aliphatic rings. The number of nitrogens with zero attached hydrogens (tertiary/aromatic N) is 3. The lowest BCUT2D eigenvalue weighted by Crippen LogP contribution is -2.48. The average molecular weight is 394 g/mol. The lowest BCUT2D eigenvalue weighted by Gasteiger charge is -2.33. The smallest absolute Gasteiger partial charge is 0.237 e. The van der Waals surface area contributed by atoms with Crippen LogP contribution in [0.1, 0.15) is 12.5 Å². The quantitative estimate of drug-likeness (QED) is 0.742. The summed E-state index contributed by atoms with van der Waals surface area (Å²) in [6, 6.07) is 5.74. The van der Waals surface area contributed by atoms with E-state index in [0.717, 1.165) is 22.2 Å². The van der Waals surface area contributed by atoms with Crippen molar-refractivity contribution >= 4 is 26.8 Å². The Hall–Kier alpha value is -2.10. The molecule has 1 aromatic heterocycles. The number of sulfonamides is 1. The number of hydrogen-bond acceptors (Lipinski definition) is 5. The normalized spacial score (nSPS) is 16.7. The number of carbonyl (C=O) groups excluding carboxylic acids is 1. The molecule has 2 N–H and O–H groups in total. The molecular weight excluding hydrogens is 368 g/mol. The van der Waals surface area contributed by atoms with Crippen LogP contribution in [-0.2, 0) is 27.9 Å². The summed E-state index contributed by atoms with van der Waals surface area (Å²) in [6.45, 7) is 4.81. The van der Waals surface area contributed by atoms with Gasteiger partial charge in [-0.05, 0) is 30.7 Å². The summed E-state index contributed by atoms with van der Waals surface area (Å²) in [5.74, 6) is 0.486. The van der Waals surface area contributed by atoms with Gasteiger partial charge in [-0.1, -0.05) is 0 Å². The molecule has 0 aliphatic carbocycles. The molecule has 27 heavy (non-hydrogen) atoms. The van der Waals surface area contributed by atoms with Crippen molar-refractivity contribution < 1.29 is 17.9 Å². The van der Waals surface area contributed by atoms with E-state index in [4.69, 9.17) is 10.5 Å². The van der Waals surface area contributed by atoms with Crippen molar-refractivity contribution in [2.45, 2.75) is 20.0 Å². The van der Waals surface area contributed by atoms with Crippen LogP contribution in [-0.4, -0.2) is 67.1 Å². The molecule has 148 valence electrons. The van der Waals surface area contributed by atoms with Gasteiger partial charge in [-0.25, -0.2) is 8.42 Å². The molecule has 0 saturated carbocycles. The van der Waals surface area contributed by atoms with Crippen LogP contribution in [0, 0.1) is 0 Å². The van der Waals surface area contributed by atoms with Gasteiger partial charge >= 0.3 is 0 Å². The minimum absolute atomic E-state index is 0.116. The highest BCUT2D eigenvalue weighted by atomic mass is 32.2. The van der Waals surface area contributed by atoms with Gasteiger partial charge in [0.15, 0.2) is 0 Å². The van der Waals surface area contributed by atoms with E-state index >= 15 is 0 Å². The maximum atomic E-state index is 12.0. The summed E-state index contributed by atoms with van der Waals surface area (Å²) < 4.78 is 32.8. The number of nitrogens with two attached hydrogens (primary N) is 1. The fourth-order valence-electron chi connectivity index (χ4n) is 3.49. The van der Waals surface area contributed by atoms with Crippen LogP contribution in [0.15, 0.2) is 24.4 Å². The van der Waals surface area contributed by atoms with Crippen LogP contribution < -0.4 is 10.5 Å². The zero-order chi connectivity index (χ0) is 19.6. The second kappa shape index (κ2) is 7.87. The molecule has 1 aliphatic heterocycles. The first-order valence-corrected chi connectivity index (χ1v) is 10.6. The number of fused-ring (bicyclic) bond motifs is 1. The average Bonchev–Trinajstić information content (AvgIpc) is 2.98. The van der Waals surface area contributed by atoms with Gasteiger partial charge in [-0.2, -0.15) is 4.31 Å². The summed E-state index contributed by atoms with van der Waals surface area (Å²) >= 11 is 0. The first-order chi connectivity index (χ1) is 12.8. The predicted molar refractivity (Wildman–Crippen MR) is 104 cm³/mol. The van der Waals surface area contributed by atoms with Crippen molar-refractivity contribution in [1.82, 2.24) is 13.8 Å². The minimum atomic E-state index is -3.14. The Morgan fingerprint density at radius 3 is 2.52 bits per heavy atom. The third kappa shape index (κ3) is 4.26. The van der Waals surface area contributed by atoms with Gasteiger partial charge in [0.2, 0.25) is 15.9 Å². The molecule has 0 bridgehead atoms. The summed E-state index contributed by atoms with van der Waals surface area (Å²) in [5, 5.41) is 1.01. The molecule has 1 saturated heterocycles. The minimum Gasteiger partial charge on any atom is -0.497 e. The van der Waals surface area contributed by atoms with Crippen LogP contribution in [0.5, 0.6) is 5.75 Å². The van der Waals surface area contributed by atoms with Crippen molar-refractivity contribution in [3.8, 4) is 5.75 Å². The maximum absolute atomic E-state index is 12.0. The van der Waals surface area contributed by atoms with Crippen molar-refractivity contribution in [3.05, 3.63) is 30.0 Å². The number of aromatic nitrogens is 1. The highest BCUT2D eigenvalue weighted by Gasteiger charge is 2.26. The Bertz CT molecular complexity index is 930. The molecule has 0 unspecified atom stereocenters. The van der Waals surface area contributed by atoms with Crippen LogP contribution in [0.2, 0.25) is 0 Å². The van der Waals surface area contributed by atoms with Crippen molar-refractivity contribution in [2.75, 3.05) is 39.0 Å². The number of hydrogen-bond donors (Lipinski definition) is 1. The monoisotopic (exact) mass is 394 g/mol. The Balaban J connectivity index is 1.81. The fourth-order valence-corrected chi connectivity index (χ4v) is 4.58. The van der Waals surface area contributed by atoms with Crippen molar-refractivity contribution in [2.24, 2.45) is 5.73 Å². The van der Waals surface area contributed by atoms with Gasteiger partial charge < -0.3 is 15.0 Å². The third-order valence-electron chi connectivity index (χ3n) is 4.98. The highest BCUT2D eigenvalue weighted by molar-refractivity contribution is 7.89. The Morgan fingerprint density at radius 1 is 1.22 bits per heavy atom. The van der Waals surface area contributed by atoms with Crippen LogP contribution in [0.3, 0.4) is 0 Å². The van der Waals surface area contributed by atoms with E-state index in [1.807, 2.05) is 29.0 Å². The molecule has 8 nitrogen and oxygen atoms in total. The molecule has 0 atom stereocenters. The first kappa shape index (κ1) is 19.7. The molecule has 9 heteroatoms. The topological polar surface area (TPSA) is 97.9 Å². The molecule has 1 amide bonds. The van der Waals surface area contributed by atoms with Crippen LogP contribution >= 0.6 is 0 Å². The van der Waals surface area contributed by atoms with Crippen LogP contribution in [0.25, 0.3) is 10.9 Å². The van der Waals surface area contributed by atoms with E-state index in [2.05, 4.69) is 4.90 Å². The van der Waals surface area contributed by atoms with Crippen molar-refractivity contribution in [3.63, 3.8) is 0 Å². The number of piperazine rings is 1. The van der Waals surface area contributed by atoms with E-state index in [9.17, 15) is 13.2 Å². The number of ether oxygens (including phenoxy) is 1. The second-order valence-corrected chi connectivity index (χ2v) is 8.96.